The first-order valence-electron chi connectivity index (χ1n) is 7.77. The van der Waals surface area contributed by atoms with E-state index < -0.39 is 5.97 Å². The highest BCUT2D eigenvalue weighted by Crippen LogP contribution is 2.33. The molecule has 5 nitrogen and oxygen atoms in total. The summed E-state index contributed by atoms with van der Waals surface area (Å²) < 4.78 is 1.47. The van der Waals surface area contributed by atoms with Gasteiger partial charge >= 0.3 is 5.97 Å². The number of carbonyl (C=O) groups is 1. The zero-order valence-corrected chi connectivity index (χ0v) is 13.9. The molecule has 0 saturated carbocycles. The molecule has 0 fully saturated rings. The Hall–Kier alpha value is -3.52. The molecule has 3 aromatic rings. The fraction of sp³-hybridized carbons (Fsp3) is 0.100. The maximum absolute atomic E-state index is 11.6. The second-order valence-electron chi connectivity index (χ2n) is 5.67. The van der Waals surface area contributed by atoms with Crippen molar-refractivity contribution in [3.63, 3.8) is 0 Å². The first-order chi connectivity index (χ1) is 12.1. The van der Waals surface area contributed by atoms with Gasteiger partial charge in [-0.15, -0.1) is 0 Å². The highest BCUT2D eigenvalue weighted by atomic mass is 16.4. The molecule has 0 radical (unpaired) electrons. The highest BCUT2D eigenvalue weighted by Gasteiger charge is 2.21. The minimum Gasteiger partial charge on any atom is -0.477 e. The SMILES string of the molecule is CNc1ccccc1-c1ccc(-c2c(C#N)cn(C)c2C(=O)O)cc1. The predicted molar refractivity (Wildman–Crippen MR) is 97.5 cm³/mol. The molecule has 0 unspecified atom stereocenters. The zero-order chi connectivity index (χ0) is 18.0. The van der Waals surface area contributed by atoms with Crippen LogP contribution in [0.5, 0.6) is 0 Å². The maximum Gasteiger partial charge on any atom is 0.353 e. The van der Waals surface area contributed by atoms with Crippen molar-refractivity contribution in [3.05, 3.63) is 66.0 Å². The molecule has 1 heterocycles. The number of para-hydroxylation sites is 1. The van der Waals surface area contributed by atoms with Gasteiger partial charge in [0.2, 0.25) is 0 Å². The average molecular weight is 331 g/mol. The Morgan fingerprint density at radius 2 is 1.76 bits per heavy atom. The third kappa shape index (κ3) is 2.86. The van der Waals surface area contributed by atoms with Crippen LogP contribution >= 0.6 is 0 Å². The number of nitriles is 1. The number of carboxylic acids is 1. The number of aryl methyl sites for hydroxylation is 1. The van der Waals surface area contributed by atoms with Crippen LogP contribution in [0, 0.1) is 11.3 Å². The molecule has 0 saturated heterocycles. The van der Waals surface area contributed by atoms with Crippen LogP contribution in [-0.4, -0.2) is 22.7 Å². The van der Waals surface area contributed by atoms with Gasteiger partial charge in [0.05, 0.1) is 5.56 Å². The summed E-state index contributed by atoms with van der Waals surface area (Å²) in [5.41, 5.74) is 4.71. The number of benzene rings is 2. The summed E-state index contributed by atoms with van der Waals surface area (Å²) >= 11 is 0. The first-order valence-corrected chi connectivity index (χ1v) is 7.77. The molecule has 0 spiro atoms. The first kappa shape index (κ1) is 16.3. The van der Waals surface area contributed by atoms with Crippen molar-refractivity contribution in [2.24, 2.45) is 7.05 Å². The predicted octanol–water partition coefficient (Wildman–Crippen LogP) is 3.97. The lowest BCUT2D eigenvalue weighted by molar-refractivity contribution is 0.0687. The third-order valence-electron chi connectivity index (χ3n) is 4.19. The molecule has 2 N–H and O–H groups in total. The Labute approximate surface area is 145 Å². The number of nitrogens with one attached hydrogen (secondary N) is 1. The van der Waals surface area contributed by atoms with E-state index in [1.54, 1.807) is 13.2 Å². The molecule has 124 valence electrons. The molecular formula is C20H17N3O2. The van der Waals surface area contributed by atoms with Crippen molar-refractivity contribution in [1.29, 1.82) is 5.26 Å². The number of carboxylic acid groups (broad SMARTS) is 1. The quantitative estimate of drug-likeness (QED) is 0.758. The summed E-state index contributed by atoms with van der Waals surface area (Å²) in [5.74, 6) is -1.05. The summed E-state index contributed by atoms with van der Waals surface area (Å²) in [5, 5.41) is 22.0. The summed E-state index contributed by atoms with van der Waals surface area (Å²) in [6.07, 6.45) is 1.54. The summed E-state index contributed by atoms with van der Waals surface area (Å²) in [7, 11) is 3.50. The summed E-state index contributed by atoms with van der Waals surface area (Å²) in [6.45, 7) is 0. The Morgan fingerprint density at radius 3 is 2.36 bits per heavy atom. The lowest BCUT2D eigenvalue weighted by Crippen LogP contribution is -2.05. The minimum absolute atomic E-state index is 0.111. The Balaban J connectivity index is 2.11. The van der Waals surface area contributed by atoms with Gasteiger partial charge in [-0.05, 0) is 17.2 Å². The molecule has 2 aromatic carbocycles. The molecule has 25 heavy (non-hydrogen) atoms. The van der Waals surface area contributed by atoms with Crippen LogP contribution in [0.4, 0.5) is 5.69 Å². The zero-order valence-electron chi connectivity index (χ0n) is 13.9. The van der Waals surface area contributed by atoms with Crippen molar-refractivity contribution < 1.29 is 9.90 Å². The summed E-state index contributed by atoms with van der Waals surface area (Å²) in [6, 6.07) is 17.6. The Bertz CT molecular complexity index is 979. The number of hydrogen-bond donors (Lipinski definition) is 2. The topological polar surface area (TPSA) is 78.0 Å². The van der Waals surface area contributed by atoms with Crippen LogP contribution in [0.3, 0.4) is 0 Å². The molecular weight excluding hydrogens is 314 g/mol. The van der Waals surface area contributed by atoms with Gasteiger partial charge < -0.3 is 15.0 Å². The number of nitrogens with zero attached hydrogens (tertiary/aromatic N) is 2. The number of aromatic carboxylic acids is 1. The molecule has 0 amide bonds. The van der Waals surface area contributed by atoms with Crippen molar-refractivity contribution in [2.75, 3.05) is 12.4 Å². The minimum atomic E-state index is -1.05. The van der Waals surface area contributed by atoms with Gasteiger partial charge in [0.15, 0.2) is 0 Å². The van der Waals surface area contributed by atoms with Gasteiger partial charge in [-0.2, -0.15) is 5.26 Å². The molecule has 0 atom stereocenters. The van der Waals surface area contributed by atoms with E-state index in [4.69, 9.17) is 0 Å². The van der Waals surface area contributed by atoms with E-state index >= 15 is 0 Å². The number of rotatable bonds is 4. The second-order valence-corrected chi connectivity index (χ2v) is 5.67. The lowest BCUT2D eigenvalue weighted by atomic mass is 9.97. The van der Waals surface area contributed by atoms with E-state index in [9.17, 15) is 15.2 Å². The second kappa shape index (κ2) is 6.54. The standard InChI is InChI=1S/C20H17N3O2/c1-22-17-6-4-3-5-16(17)13-7-9-14(10-8-13)18-15(11-21)12-23(2)19(18)20(24)25/h3-10,12,22H,1-2H3,(H,24,25). The van der Waals surface area contributed by atoms with Crippen LogP contribution in [0.1, 0.15) is 16.1 Å². The van der Waals surface area contributed by atoms with Crippen LogP contribution in [-0.2, 0) is 7.05 Å². The third-order valence-corrected chi connectivity index (χ3v) is 4.19. The number of anilines is 1. The van der Waals surface area contributed by atoms with Crippen molar-refractivity contribution in [2.45, 2.75) is 0 Å². The van der Waals surface area contributed by atoms with Crippen molar-refractivity contribution in [1.82, 2.24) is 4.57 Å². The summed E-state index contributed by atoms with van der Waals surface area (Å²) in [4.78, 5) is 11.6. The smallest absolute Gasteiger partial charge is 0.353 e. The van der Waals surface area contributed by atoms with Gasteiger partial charge in [0.1, 0.15) is 11.8 Å². The molecule has 0 aliphatic heterocycles. The van der Waals surface area contributed by atoms with Gasteiger partial charge in [-0.25, -0.2) is 4.79 Å². The van der Waals surface area contributed by atoms with Crippen LogP contribution in [0.2, 0.25) is 0 Å². The normalized spacial score (nSPS) is 10.3. The van der Waals surface area contributed by atoms with Gasteiger partial charge in [-0.1, -0.05) is 42.5 Å². The number of hydrogen-bond acceptors (Lipinski definition) is 3. The van der Waals surface area contributed by atoms with E-state index in [1.165, 1.54) is 4.57 Å². The maximum atomic E-state index is 11.6. The van der Waals surface area contributed by atoms with Gasteiger partial charge in [0, 0.05) is 37.1 Å². The van der Waals surface area contributed by atoms with E-state index in [1.807, 2.05) is 55.6 Å². The average Bonchev–Trinajstić information content (AvgIpc) is 2.98. The lowest BCUT2D eigenvalue weighted by Gasteiger charge is -2.10. The van der Waals surface area contributed by atoms with E-state index in [2.05, 4.69) is 11.4 Å². The van der Waals surface area contributed by atoms with E-state index in [0.29, 0.717) is 16.7 Å². The fourth-order valence-corrected chi connectivity index (χ4v) is 3.03. The van der Waals surface area contributed by atoms with Crippen molar-refractivity contribution in [3.8, 4) is 28.3 Å². The largest absolute Gasteiger partial charge is 0.477 e. The van der Waals surface area contributed by atoms with E-state index in [0.717, 1.165) is 16.8 Å². The number of aromatic nitrogens is 1. The van der Waals surface area contributed by atoms with Crippen LogP contribution in [0.25, 0.3) is 22.3 Å². The molecule has 0 bridgehead atoms. The Morgan fingerprint density at radius 1 is 1.12 bits per heavy atom. The fourth-order valence-electron chi connectivity index (χ4n) is 3.03. The van der Waals surface area contributed by atoms with Gasteiger partial charge in [0.25, 0.3) is 0 Å². The van der Waals surface area contributed by atoms with Crippen LogP contribution in [0.15, 0.2) is 54.7 Å². The molecule has 0 aliphatic carbocycles. The van der Waals surface area contributed by atoms with Crippen molar-refractivity contribution >= 4 is 11.7 Å². The molecule has 3 rings (SSSR count). The van der Waals surface area contributed by atoms with E-state index in [-0.39, 0.29) is 5.69 Å². The molecule has 1 aromatic heterocycles. The Kier molecular flexibility index (Phi) is 4.27. The molecule has 0 aliphatic rings. The highest BCUT2D eigenvalue weighted by molar-refractivity contribution is 5.97. The van der Waals surface area contributed by atoms with Gasteiger partial charge in [-0.3, -0.25) is 0 Å². The van der Waals surface area contributed by atoms with Crippen LogP contribution < -0.4 is 5.32 Å². The molecule has 5 heteroatoms. The monoisotopic (exact) mass is 331 g/mol.